The smallest absolute Gasteiger partial charge is 0.355 e. The fourth-order valence-electron chi connectivity index (χ4n) is 2.90. The highest BCUT2D eigenvalue weighted by atomic mass is 19.4. The van der Waals surface area contributed by atoms with Crippen LogP contribution in [0, 0.1) is 5.92 Å². The molecule has 3 heterocycles. The van der Waals surface area contributed by atoms with Gasteiger partial charge in [-0.1, -0.05) is 0 Å². The topological polar surface area (TPSA) is 41.0 Å². The van der Waals surface area contributed by atoms with Crippen LogP contribution in [0.2, 0.25) is 0 Å². The lowest BCUT2D eigenvalue weighted by atomic mass is 9.93. The molecular formula is C12H15F3N4. The third kappa shape index (κ3) is 2.51. The van der Waals surface area contributed by atoms with Gasteiger partial charge in [-0.05, 0) is 37.4 Å². The Morgan fingerprint density at radius 3 is 2.74 bits per heavy atom. The Hall–Kier alpha value is -1.37. The third-order valence-corrected chi connectivity index (χ3v) is 3.92. The number of alkyl halides is 3. The molecule has 2 fully saturated rings. The van der Waals surface area contributed by atoms with Gasteiger partial charge in [0, 0.05) is 19.1 Å². The van der Waals surface area contributed by atoms with Crippen LogP contribution in [0.25, 0.3) is 0 Å². The van der Waals surface area contributed by atoms with E-state index in [0.717, 1.165) is 38.5 Å². The second kappa shape index (κ2) is 4.63. The van der Waals surface area contributed by atoms with Crippen LogP contribution in [-0.2, 0) is 6.18 Å². The Labute approximate surface area is 109 Å². The summed E-state index contributed by atoms with van der Waals surface area (Å²) in [7, 11) is 0. The Bertz CT molecular complexity index is 445. The van der Waals surface area contributed by atoms with Gasteiger partial charge in [-0.2, -0.15) is 13.2 Å². The Kier molecular flexibility index (Phi) is 3.08. The largest absolute Gasteiger partial charge is 0.435 e. The minimum absolute atomic E-state index is 0.540. The summed E-state index contributed by atoms with van der Waals surface area (Å²) < 4.78 is 37.2. The summed E-state index contributed by atoms with van der Waals surface area (Å²) in [5.74, 6) is 1.11. The molecule has 0 saturated carbocycles. The molecule has 0 spiro atoms. The number of fused-ring (bicyclic) bond motifs is 1. The summed E-state index contributed by atoms with van der Waals surface area (Å²) in [5, 5.41) is 10.4. The van der Waals surface area contributed by atoms with E-state index in [1.54, 1.807) is 0 Å². The van der Waals surface area contributed by atoms with Gasteiger partial charge in [-0.15, -0.1) is 10.2 Å². The lowest BCUT2D eigenvalue weighted by molar-refractivity contribution is -0.141. The van der Waals surface area contributed by atoms with Crippen molar-refractivity contribution >= 4 is 5.82 Å². The molecule has 3 rings (SSSR count). The number of piperidine rings is 1. The molecule has 0 amide bonds. The first-order valence-corrected chi connectivity index (χ1v) is 6.43. The zero-order chi connectivity index (χ0) is 13.5. The number of nitrogens with zero attached hydrogens (tertiary/aromatic N) is 3. The van der Waals surface area contributed by atoms with E-state index in [2.05, 4.69) is 15.5 Å². The average molecular weight is 272 g/mol. The van der Waals surface area contributed by atoms with Crippen LogP contribution in [-0.4, -0.2) is 35.9 Å². The van der Waals surface area contributed by atoms with Crippen LogP contribution < -0.4 is 10.2 Å². The van der Waals surface area contributed by atoms with Crippen molar-refractivity contribution in [2.24, 2.45) is 5.92 Å². The molecule has 19 heavy (non-hydrogen) atoms. The Balaban J connectivity index is 1.72. The van der Waals surface area contributed by atoms with Crippen molar-refractivity contribution in [2.45, 2.75) is 25.1 Å². The molecular weight excluding hydrogens is 257 g/mol. The third-order valence-electron chi connectivity index (χ3n) is 3.92. The van der Waals surface area contributed by atoms with Gasteiger partial charge >= 0.3 is 6.18 Å². The zero-order valence-corrected chi connectivity index (χ0v) is 10.3. The molecule has 4 nitrogen and oxygen atoms in total. The number of rotatable bonds is 1. The van der Waals surface area contributed by atoms with Crippen LogP contribution in [0.5, 0.6) is 0 Å². The minimum Gasteiger partial charge on any atom is -0.355 e. The molecule has 0 aromatic carbocycles. The highest BCUT2D eigenvalue weighted by molar-refractivity contribution is 5.38. The predicted molar refractivity (Wildman–Crippen MR) is 63.8 cm³/mol. The van der Waals surface area contributed by atoms with Crippen molar-refractivity contribution in [3.05, 3.63) is 17.8 Å². The van der Waals surface area contributed by atoms with Crippen molar-refractivity contribution in [3.8, 4) is 0 Å². The lowest BCUT2D eigenvalue weighted by Crippen LogP contribution is -2.44. The molecule has 1 N–H and O–H groups in total. The summed E-state index contributed by atoms with van der Waals surface area (Å²) in [4.78, 5) is 2.03. The highest BCUT2D eigenvalue weighted by Gasteiger charge is 2.35. The first-order chi connectivity index (χ1) is 9.04. The molecule has 7 heteroatoms. The summed E-state index contributed by atoms with van der Waals surface area (Å²) in [6.45, 7) is 2.69. The quantitative estimate of drug-likeness (QED) is 0.844. The van der Waals surface area contributed by atoms with Crippen molar-refractivity contribution in [1.29, 1.82) is 0 Å². The molecule has 2 atom stereocenters. The lowest BCUT2D eigenvalue weighted by Gasteiger charge is -2.35. The monoisotopic (exact) mass is 272 g/mol. The van der Waals surface area contributed by atoms with Crippen molar-refractivity contribution in [2.75, 3.05) is 24.5 Å². The molecule has 0 bridgehead atoms. The molecule has 1 aromatic heterocycles. The average Bonchev–Trinajstić information content (AvgIpc) is 2.85. The first kappa shape index (κ1) is 12.7. The standard InChI is InChI=1S/C12H15F3N4/c13-12(14,15)10-1-2-11(18-17-10)19-6-4-9-8(7-19)3-5-16-9/h1-2,8-9,16H,3-7H2. The first-order valence-electron chi connectivity index (χ1n) is 6.43. The number of anilines is 1. The van der Waals surface area contributed by atoms with E-state index in [1.807, 2.05) is 4.90 Å². The Morgan fingerprint density at radius 1 is 1.21 bits per heavy atom. The maximum Gasteiger partial charge on any atom is 0.435 e. The normalized spacial score (nSPS) is 27.4. The molecule has 2 saturated heterocycles. The SMILES string of the molecule is FC(F)(F)c1ccc(N2CCC3NCCC3C2)nn1. The number of hydrogen-bond donors (Lipinski definition) is 1. The van der Waals surface area contributed by atoms with Crippen molar-refractivity contribution in [1.82, 2.24) is 15.5 Å². The van der Waals surface area contributed by atoms with Gasteiger partial charge in [-0.25, -0.2) is 0 Å². The molecule has 2 aliphatic heterocycles. The van der Waals surface area contributed by atoms with Gasteiger partial charge in [0.1, 0.15) is 0 Å². The molecule has 2 unspecified atom stereocenters. The molecule has 0 aliphatic carbocycles. The van der Waals surface area contributed by atoms with Gasteiger partial charge in [0.15, 0.2) is 11.5 Å². The van der Waals surface area contributed by atoms with Crippen LogP contribution >= 0.6 is 0 Å². The number of halogens is 3. The molecule has 104 valence electrons. The maximum absolute atomic E-state index is 12.4. The van der Waals surface area contributed by atoms with E-state index in [1.165, 1.54) is 6.07 Å². The second-order valence-electron chi connectivity index (χ2n) is 5.12. The van der Waals surface area contributed by atoms with Gasteiger partial charge in [-0.3, -0.25) is 0 Å². The summed E-state index contributed by atoms with van der Waals surface area (Å²) in [6.07, 6.45) is -2.30. The fraction of sp³-hybridized carbons (Fsp3) is 0.667. The van der Waals surface area contributed by atoms with Gasteiger partial charge in [0.05, 0.1) is 0 Å². The van der Waals surface area contributed by atoms with Crippen molar-refractivity contribution < 1.29 is 13.2 Å². The molecule has 2 aliphatic rings. The fourth-order valence-corrected chi connectivity index (χ4v) is 2.90. The molecule has 1 aromatic rings. The van der Waals surface area contributed by atoms with E-state index in [9.17, 15) is 13.2 Å². The van der Waals surface area contributed by atoms with E-state index in [0.29, 0.717) is 17.8 Å². The second-order valence-corrected chi connectivity index (χ2v) is 5.12. The number of nitrogens with one attached hydrogen (secondary N) is 1. The summed E-state index contributed by atoms with van der Waals surface area (Å²) >= 11 is 0. The minimum atomic E-state index is -4.42. The van der Waals surface area contributed by atoms with Gasteiger partial charge < -0.3 is 10.2 Å². The summed E-state index contributed by atoms with van der Waals surface area (Å²) in [6, 6.07) is 2.97. The number of aromatic nitrogens is 2. The van der Waals surface area contributed by atoms with E-state index in [4.69, 9.17) is 0 Å². The molecule has 0 radical (unpaired) electrons. The van der Waals surface area contributed by atoms with Crippen molar-refractivity contribution in [3.63, 3.8) is 0 Å². The number of hydrogen-bond acceptors (Lipinski definition) is 4. The van der Waals surface area contributed by atoms with Gasteiger partial charge in [0.2, 0.25) is 0 Å². The summed E-state index contributed by atoms with van der Waals surface area (Å²) in [5.41, 5.74) is -0.936. The van der Waals surface area contributed by atoms with Crippen LogP contribution in [0.1, 0.15) is 18.5 Å². The van der Waals surface area contributed by atoms with E-state index in [-0.39, 0.29) is 0 Å². The van der Waals surface area contributed by atoms with E-state index >= 15 is 0 Å². The zero-order valence-electron chi connectivity index (χ0n) is 10.3. The van der Waals surface area contributed by atoms with Crippen LogP contribution in [0.3, 0.4) is 0 Å². The highest BCUT2D eigenvalue weighted by Crippen LogP contribution is 2.30. The van der Waals surface area contributed by atoms with E-state index < -0.39 is 11.9 Å². The van der Waals surface area contributed by atoms with Gasteiger partial charge in [0.25, 0.3) is 0 Å². The maximum atomic E-state index is 12.4. The Morgan fingerprint density at radius 2 is 2.05 bits per heavy atom. The van der Waals surface area contributed by atoms with Crippen LogP contribution in [0.4, 0.5) is 19.0 Å². The van der Waals surface area contributed by atoms with Crippen LogP contribution in [0.15, 0.2) is 12.1 Å². The predicted octanol–water partition coefficient (Wildman–Crippen LogP) is 1.68.